The van der Waals surface area contributed by atoms with E-state index in [-0.39, 0.29) is 5.97 Å². The minimum absolute atomic E-state index is 0.0840. The fraction of sp³-hybridized carbons (Fsp3) is 0.938. The van der Waals surface area contributed by atoms with Gasteiger partial charge in [0, 0.05) is 25.7 Å². The second-order valence-electron chi connectivity index (χ2n) is 6.72. The molecule has 0 amide bonds. The summed E-state index contributed by atoms with van der Waals surface area (Å²) in [6.45, 7) is 6.78. The average molecular weight is 297 g/mol. The second kappa shape index (κ2) is 7.07. The summed E-state index contributed by atoms with van der Waals surface area (Å²) in [6.07, 6.45) is 4.21. The summed E-state index contributed by atoms with van der Waals surface area (Å²) < 4.78 is 5.06. The zero-order valence-corrected chi connectivity index (χ0v) is 14.0. The summed E-state index contributed by atoms with van der Waals surface area (Å²) in [4.78, 5) is 17.2. The number of hydrogen-bond acceptors (Lipinski definition) is 5. The van der Waals surface area contributed by atoms with Crippen molar-refractivity contribution in [2.75, 3.05) is 47.4 Å². The molecule has 0 radical (unpaired) electrons. The molecule has 2 rings (SSSR count). The number of carbonyl (C=O) groups excluding carboxylic acids is 1. The van der Waals surface area contributed by atoms with Gasteiger partial charge in [-0.1, -0.05) is 6.42 Å². The molecule has 21 heavy (non-hydrogen) atoms. The number of esters is 1. The fourth-order valence-electron chi connectivity index (χ4n) is 4.02. The van der Waals surface area contributed by atoms with Crippen molar-refractivity contribution in [3.8, 4) is 0 Å². The van der Waals surface area contributed by atoms with E-state index in [9.17, 15) is 4.79 Å². The Kier molecular flexibility index (Phi) is 5.63. The summed E-state index contributed by atoms with van der Waals surface area (Å²) >= 11 is 0. The lowest BCUT2D eigenvalue weighted by Gasteiger charge is -2.39. The van der Waals surface area contributed by atoms with Crippen LogP contribution in [0.4, 0.5) is 0 Å². The van der Waals surface area contributed by atoms with Crippen LogP contribution in [0.3, 0.4) is 0 Å². The molecule has 0 aromatic carbocycles. The first-order valence-corrected chi connectivity index (χ1v) is 8.23. The molecule has 122 valence electrons. The van der Waals surface area contributed by atoms with Crippen LogP contribution in [-0.4, -0.2) is 74.7 Å². The van der Waals surface area contributed by atoms with Crippen LogP contribution in [-0.2, 0) is 9.53 Å². The van der Waals surface area contributed by atoms with E-state index in [4.69, 9.17) is 4.74 Å². The Balaban J connectivity index is 1.91. The number of ether oxygens (including phenoxy) is 1. The Morgan fingerprint density at radius 1 is 1.43 bits per heavy atom. The Labute approximate surface area is 129 Å². The molecule has 2 aliphatic rings. The van der Waals surface area contributed by atoms with Gasteiger partial charge in [0.1, 0.15) is 5.54 Å². The summed E-state index contributed by atoms with van der Waals surface area (Å²) in [5.74, 6) is 0.309. The van der Waals surface area contributed by atoms with Crippen molar-refractivity contribution >= 4 is 5.97 Å². The molecular weight excluding hydrogens is 266 g/mol. The van der Waals surface area contributed by atoms with Crippen molar-refractivity contribution in [2.24, 2.45) is 5.92 Å². The topological polar surface area (TPSA) is 44.8 Å². The monoisotopic (exact) mass is 297 g/mol. The summed E-state index contributed by atoms with van der Waals surface area (Å²) in [5.41, 5.74) is -0.451. The van der Waals surface area contributed by atoms with E-state index in [0.29, 0.717) is 12.0 Å². The number of hydrogen-bond donors (Lipinski definition) is 1. The largest absolute Gasteiger partial charge is 0.468 e. The molecule has 1 saturated heterocycles. The van der Waals surface area contributed by atoms with Gasteiger partial charge in [0.25, 0.3) is 0 Å². The zero-order chi connectivity index (χ0) is 15.5. The number of likely N-dealkylation sites (N-methyl/N-ethyl adjacent to an activating group) is 2. The van der Waals surface area contributed by atoms with Crippen molar-refractivity contribution in [3.63, 3.8) is 0 Å². The first-order valence-electron chi connectivity index (χ1n) is 8.23. The van der Waals surface area contributed by atoms with Crippen molar-refractivity contribution in [3.05, 3.63) is 0 Å². The molecular formula is C16H31N3O2. The fourth-order valence-corrected chi connectivity index (χ4v) is 4.02. The van der Waals surface area contributed by atoms with Gasteiger partial charge >= 0.3 is 5.97 Å². The normalized spacial score (nSPS) is 35.0. The predicted octanol–water partition coefficient (Wildman–Crippen LogP) is 0.944. The van der Waals surface area contributed by atoms with E-state index < -0.39 is 5.54 Å². The van der Waals surface area contributed by atoms with Crippen LogP contribution in [0.25, 0.3) is 0 Å². The summed E-state index contributed by atoms with van der Waals surface area (Å²) in [7, 11) is 5.59. The maximum Gasteiger partial charge on any atom is 0.326 e. The minimum atomic E-state index is -0.451. The number of methoxy groups -OCH3 is 1. The Bertz CT molecular complexity index is 363. The molecule has 3 unspecified atom stereocenters. The molecule has 0 aromatic heterocycles. The van der Waals surface area contributed by atoms with Crippen molar-refractivity contribution in [2.45, 2.75) is 44.2 Å². The molecule has 0 spiro atoms. The predicted molar refractivity (Wildman–Crippen MR) is 84.3 cm³/mol. The summed E-state index contributed by atoms with van der Waals surface area (Å²) in [5, 5.41) is 3.28. The molecule has 2 fully saturated rings. The minimum Gasteiger partial charge on any atom is -0.468 e. The highest BCUT2D eigenvalue weighted by Gasteiger charge is 2.48. The second-order valence-corrected chi connectivity index (χ2v) is 6.72. The third kappa shape index (κ3) is 3.41. The number of nitrogens with one attached hydrogen (secondary N) is 1. The van der Waals surface area contributed by atoms with Gasteiger partial charge in [-0.25, -0.2) is 0 Å². The first kappa shape index (κ1) is 16.7. The van der Waals surface area contributed by atoms with Crippen molar-refractivity contribution in [1.82, 2.24) is 15.1 Å². The number of nitrogens with zero attached hydrogens (tertiary/aromatic N) is 2. The lowest BCUT2D eigenvalue weighted by atomic mass is 9.84. The molecule has 0 aromatic rings. The van der Waals surface area contributed by atoms with Gasteiger partial charge in [-0.2, -0.15) is 0 Å². The quantitative estimate of drug-likeness (QED) is 0.765. The lowest BCUT2D eigenvalue weighted by Crippen LogP contribution is -2.55. The molecule has 5 nitrogen and oxygen atoms in total. The van der Waals surface area contributed by atoms with Gasteiger partial charge < -0.3 is 19.9 Å². The van der Waals surface area contributed by atoms with Gasteiger partial charge in [0.05, 0.1) is 7.11 Å². The van der Waals surface area contributed by atoms with Gasteiger partial charge in [0.15, 0.2) is 0 Å². The Hall–Kier alpha value is -0.650. The highest BCUT2D eigenvalue weighted by Crippen LogP contribution is 2.38. The molecule has 1 aliphatic carbocycles. The van der Waals surface area contributed by atoms with Gasteiger partial charge in [-0.15, -0.1) is 0 Å². The number of piperazine rings is 1. The van der Waals surface area contributed by atoms with E-state index in [2.05, 4.69) is 29.1 Å². The van der Waals surface area contributed by atoms with Crippen molar-refractivity contribution < 1.29 is 9.53 Å². The van der Waals surface area contributed by atoms with E-state index in [1.807, 2.05) is 7.05 Å². The molecule has 1 aliphatic heterocycles. The average Bonchev–Trinajstić information content (AvgIpc) is 2.91. The standard InChI is InChI=1S/C16H31N3O2/c1-13-12-19(11-10-18(13)3)9-7-14-6-5-8-16(14,17-2)15(20)21-4/h13-14,17H,5-12H2,1-4H3. The maximum absolute atomic E-state index is 12.2. The molecule has 0 bridgehead atoms. The first-order chi connectivity index (χ1) is 10.0. The van der Waals surface area contributed by atoms with E-state index in [0.717, 1.165) is 51.9 Å². The smallest absolute Gasteiger partial charge is 0.326 e. The van der Waals surface area contributed by atoms with E-state index >= 15 is 0 Å². The van der Waals surface area contributed by atoms with Crippen LogP contribution in [0, 0.1) is 5.92 Å². The zero-order valence-electron chi connectivity index (χ0n) is 14.0. The van der Waals surface area contributed by atoms with Crippen molar-refractivity contribution in [1.29, 1.82) is 0 Å². The third-order valence-corrected chi connectivity index (χ3v) is 5.65. The SMILES string of the molecule is CNC1(C(=O)OC)CCCC1CCN1CCN(C)C(C)C1. The molecule has 1 heterocycles. The van der Waals surface area contributed by atoms with Gasteiger partial charge in [0.2, 0.25) is 0 Å². The third-order valence-electron chi connectivity index (χ3n) is 5.65. The number of rotatable bonds is 5. The van der Waals surface area contributed by atoms with E-state index in [1.165, 1.54) is 7.11 Å². The Morgan fingerprint density at radius 3 is 2.81 bits per heavy atom. The van der Waals surface area contributed by atoms with Crippen LogP contribution in [0.1, 0.15) is 32.6 Å². The van der Waals surface area contributed by atoms with Crippen LogP contribution in [0.2, 0.25) is 0 Å². The molecule has 3 atom stereocenters. The van der Waals surface area contributed by atoms with Crippen LogP contribution in [0.15, 0.2) is 0 Å². The van der Waals surface area contributed by atoms with Crippen LogP contribution < -0.4 is 5.32 Å². The molecule has 5 heteroatoms. The van der Waals surface area contributed by atoms with Crippen LogP contribution >= 0.6 is 0 Å². The highest BCUT2D eigenvalue weighted by molar-refractivity contribution is 5.81. The molecule has 1 saturated carbocycles. The highest BCUT2D eigenvalue weighted by atomic mass is 16.5. The van der Waals surface area contributed by atoms with E-state index in [1.54, 1.807) is 0 Å². The summed E-state index contributed by atoms with van der Waals surface area (Å²) in [6, 6.07) is 0.622. The van der Waals surface area contributed by atoms with Gasteiger partial charge in [-0.05, 0) is 52.7 Å². The Morgan fingerprint density at radius 2 is 2.19 bits per heavy atom. The van der Waals surface area contributed by atoms with Crippen LogP contribution in [0.5, 0.6) is 0 Å². The number of carbonyl (C=O) groups is 1. The lowest BCUT2D eigenvalue weighted by molar-refractivity contribution is -0.150. The van der Waals surface area contributed by atoms with Gasteiger partial charge in [-0.3, -0.25) is 4.79 Å². The molecule has 1 N–H and O–H groups in total. The maximum atomic E-state index is 12.2.